The van der Waals surface area contributed by atoms with Gasteiger partial charge in [-0.05, 0) is 7.05 Å². The molecule has 1 N–H and O–H groups in total. The molecule has 0 aliphatic heterocycles. The van der Waals surface area contributed by atoms with Crippen molar-refractivity contribution >= 4 is 13.6 Å². The predicted octanol–water partition coefficient (Wildman–Crippen LogP) is 1.19. The van der Waals surface area contributed by atoms with E-state index in [2.05, 4.69) is 44.5 Å². The molecule has 0 aliphatic carbocycles. The van der Waals surface area contributed by atoms with Gasteiger partial charge in [0.15, 0.2) is 0 Å². The Bertz CT molecular complexity index is 112. The van der Waals surface area contributed by atoms with Crippen LogP contribution < -0.4 is 5.32 Å². The van der Waals surface area contributed by atoms with Gasteiger partial charge in [-0.3, -0.25) is 13.6 Å². The van der Waals surface area contributed by atoms with Crippen molar-refractivity contribution in [2.45, 2.75) is 20.8 Å². The van der Waals surface area contributed by atoms with Crippen molar-refractivity contribution in [1.29, 1.82) is 0 Å². The Morgan fingerprint density at radius 1 is 1.20 bits per heavy atom. The third-order valence-corrected chi connectivity index (χ3v) is 0.474. The van der Waals surface area contributed by atoms with E-state index in [1.807, 2.05) is 7.05 Å². The molecule has 0 amide bonds. The molecule has 0 rings (SSSR count). The molecule has 0 saturated heterocycles. The smallest absolute Gasteiger partial charge is 0.545 e. The van der Waals surface area contributed by atoms with Gasteiger partial charge < -0.3 is 25.7 Å². The molecular weight excluding hydrogens is 281 g/mol. The maximum Gasteiger partial charge on any atom is 4.00 e. The summed E-state index contributed by atoms with van der Waals surface area (Å²) in [4.78, 5) is 18.6. The van der Waals surface area contributed by atoms with Crippen LogP contribution in [0.5, 0.6) is 0 Å². The Balaban J connectivity index is -0.0000000327. The number of nitrogens with one attached hydrogen (secondary N) is 1. The van der Waals surface area contributed by atoms with Gasteiger partial charge in [0.2, 0.25) is 6.54 Å². The molecule has 0 radical (unpaired) electrons. The number of likely N-dealkylation sites (N-methyl/N-ethyl adjacent to an activating group) is 1. The molecule has 0 spiro atoms. The number of hydrogen-bond acceptors (Lipinski definition) is 3. The Morgan fingerprint density at radius 3 is 1.53 bits per heavy atom. The molecule has 0 aromatic carbocycles. The van der Waals surface area contributed by atoms with E-state index >= 15 is 0 Å². The van der Waals surface area contributed by atoms with Crippen LogP contribution in [-0.2, 0) is 29.1 Å². The fraction of sp³-hybridized carbons (Fsp3) is 0.600. The zero-order valence-electron chi connectivity index (χ0n) is 9.69. The molecule has 0 bridgehead atoms. The summed E-state index contributed by atoms with van der Waals surface area (Å²) in [5.41, 5.74) is 0. The van der Waals surface area contributed by atoms with Crippen molar-refractivity contribution in [2.75, 3.05) is 20.1 Å². The molecule has 5 heteroatoms. The number of nitrogens with zero attached hydrogens (tertiary/aromatic N) is 1. The van der Waals surface area contributed by atoms with Crippen molar-refractivity contribution in [1.82, 2.24) is 5.32 Å². The molecule has 0 heterocycles. The van der Waals surface area contributed by atoms with E-state index in [9.17, 15) is 0 Å². The second kappa shape index (κ2) is 50.3. The fourth-order valence-electron chi connectivity index (χ4n) is 0.168. The first-order chi connectivity index (χ1) is 6.65. The summed E-state index contributed by atoms with van der Waals surface area (Å²) in [5.74, 6) is 1.42. The number of rotatable bonds is 2. The van der Waals surface area contributed by atoms with Gasteiger partial charge in [0, 0.05) is 0 Å². The predicted molar refractivity (Wildman–Crippen MR) is 59.2 cm³/mol. The summed E-state index contributed by atoms with van der Waals surface area (Å²) in [7, 11) is 1.84. The normalized spacial score (nSPS) is 5.87. The van der Waals surface area contributed by atoms with Crippen molar-refractivity contribution < 1.29 is 29.1 Å². The molecule has 0 saturated carbocycles. The minimum atomic E-state index is 0. The van der Waals surface area contributed by atoms with Crippen molar-refractivity contribution in [3.05, 3.63) is 17.3 Å². The first kappa shape index (κ1) is 29.3. The fourth-order valence-corrected chi connectivity index (χ4v) is 0.168. The zero-order chi connectivity index (χ0) is 12.4. The van der Waals surface area contributed by atoms with Crippen LogP contribution in [0.15, 0.2) is 0 Å². The molecule has 0 aromatic heterocycles. The van der Waals surface area contributed by atoms with E-state index in [0.717, 1.165) is 6.54 Å². The van der Waals surface area contributed by atoms with Gasteiger partial charge in [-0.1, -0.05) is 0 Å². The zero-order valence-corrected chi connectivity index (χ0v) is 11.4. The number of carbonyl (C=O) groups excluding carboxylic acids is 2. The molecular formula is C10H19N2O2Ru+. The van der Waals surface area contributed by atoms with Crippen LogP contribution in [0.3, 0.4) is 0 Å². The van der Waals surface area contributed by atoms with Crippen LogP contribution >= 0.6 is 0 Å². The van der Waals surface area contributed by atoms with E-state index in [0.29, 0.717) is 6.54 Å². The van der Waals surface area contributed by atoms with Crippen LogP contribution in [0.2, 0.25) is 0 Å². The summed E-state index contributed by atoms with van der Waals surface area (Å²) in [5, 5.41) is 2.85. The average Bonchev–Trinajstić information content (AvgIpc) is 2.20. The third kappa shape index (κ3) is 300. The molecule has 0 atom stereocenters. The standard InChI is InChI=1S/C4H8N2.C4H9.2CHO.Ru/c1-5-3-4-6-2;1-4(2)3;2*1-2;/h5H,3-4H2,1H3;1-3H3;2*1H;/q;3*-1;+4. The monoisotopic (exact) mass is 301 g/mol. The molecule has 0 unspecified atom stereocenters. The molecule has 0 aromatic rings. The van der Waals surface area contributed by atoms with E-state index in [4.69, 9.17) is 16.2 Å². The van der Waals surface area contributed by atoms with E-state index in [-0.39, 0.29) is 19.5 Å². The van der Waals surface area contributed by atoms with Gasteiger partial charge in [-0.2, -0.15) is 20.8 Å². The first-order valence-electron chi connectivity index (χ1n) is 3.86. The Kier molecular flexibility index (Phi) is 98.0. The van der Waals surface area contributed by atoms with Crippen molar-refractivity contribution in [3.8, 4) is 0 Å². The van der Waals surface area contributed by atoms with Gasteiger partial charge in [0.25, 0.3) is 0 Å². The topological polar surface area (TPSA) is 50.5 Å². The maximum atomic E-state index is 7.75. The first-order valence-corrected chi connectivity index (χ1v) is 3.86. The average molecular weight is 300 g/mol. The summed E-state index contributed by atoms with van der Waals surface area (Å²) in [6.07, 6.45) is 0. The van der Waals surface area contributed by atoms with Gasteiger partial charge >= 0.3 is 19.5 Å². The van der Waals surface area contributed by atoms with E-state index < -0.39 is 0 Å². The summed E-state index contributed by atoms with van der Waals surface area (Å²) in [6.45, 7) is 20.4. The van der Waals surface area contributed by atoms with Crippen LogP contribution in [0.1, 0.15) is 20.8 Å². The van der Waals surface area contributed by atoms with Crippen LogP contribution in [-0.4, -0.2) is 33.7 Å². The van der Waals surface area contributed by atoms with Gasteiger partial charge in [0.1, 0.15) is 0 Å². The summed E-state index contributed by atoms with van der Waals surface area (Å²) >= 11 is 0. The minimum absolute atomic E-state index is 0. The SMILES string of the molecule is C[C-](C)C.[C-]#[N+]CCNC.[CH-]=O.[CH-]=O.[Ru+4]. The van der Waals surface area contributed by atoms with Crippen LogP contribution in [0, 0.1) is 12.5 Å². The molecule has 88 valence electrons. The number of hydrogen-bond donors (Lipinski definition) is 1. The maximum absolute atomic E-state index is 7.75. The molecule has 15 heavy (non-hydrogen) atoms. The Hall–Kier alpha value is -0.587. The minimum Gasteiger partial charge on any atom is -0.545 e. The van der Waals surface area contributed by atoms with Gasteiger partial charge in [0.05, 0.1) is 6.54 Å². The van der Waals surface area contributed by atoms with Crippen molar-refractivity contribution in [3.63, 3.8) is 0 Å². The van der Waals surface area contributed by atoms with E-state index in [1.54, 1.807) is 0 Å². The summed E-state index contributed by atoms with van der Waals surface area (Å²) < 4.78 is 0. The molecule has 0 aliphatic rings. The Morgan fingerprint density at radius 2 is 1.47 bits per heavy atom. The van der Waals surface area contributed by atoms with Crippen molar-refractivity contribution in [2.24, 2.45) is 0 Å². The van der Waals surface area contributed by atoms with Gasteiger partial charge in [-0.15, -0.1) is 0 Å². The molecule has 4 nitrogen and oxygen atoms in total. The largest absolute Gasteiger partial charge is 4.00 e. The molecule has 0 fully saturated rings. The van der Waals surface area contributed by atoms with Crippen LogP contribution in [0.25, 0.3) is 4.85 Å². The second-order valence-electron chi connectivity index (χ2n) is 2.49. The second-order valence-corrected chi connectivity index (χ2v) is 2.49. The summed E-state index contributed by atoms with van der Waals surface area (Å²) in [6, 6.07) is 0. The quantitative estimate of drug-likeness (QED) is 0.361. The Labute approximate surface area is 106 Å². The van der Waals surface area contributed by atoms with E-state index in [1.165, 1.54) is 5.92 Å². The van der Waals surface area contributed by atoms with Gasteiger partial charge in [-0.25, -0.2) is 6.57 Å². The third-order valence-electron chi connectivity index (χ3n) is 0.474. The van der Waals surface area contributed by atoms with Crippen LogP contribution in [0.4, 0.5) is 0 Å².